The highest BCUT2D eigenvalue weighted by molar-refractivity contribution is 8.02. The van der Waals surface area contributed by atoms with Crippen LogP contribution in [0.2, 0.25) is 0 Å². The van der Waals surface area contributed by atoms with E-state index in [1.54, 1.807) is 9.80 Å². The second-order valence-corrected chi connectivity index (χ2v) is 13.6. The van der Waals surface area contributed by atoms with Crippen molar-refractivity contribution in [3.05, 3.63) is 84.5 Å². The van der Waals surface area contributed by atoms with Gasteiger partial charge in [0.2, 0.25) is 5.91 Å². The molecule has 6 rings (SSSR count). The maximum atomic E-state index is 14.8. The summed E-state index contributed by atoms with van der Waals surface area (Å²) >= 11 is 1.51. The number of fused-ring (bicyclic) bond motifs is 2. The zero-order valence-electron chi connectivity index (χ0n) is 24.9. The molecule has 226 valence electrons. The van der Waals surface area contributed by atoms with Gasteiger partial charge in [0, 0.05) is 35.8 Å². The van der Waals surface area contributed by atoms with Crippen molar-refractivity contribution >= 4 is 40.9 Å². The lowest BCUT2D eigenvalue weighted by molar-refractivity contribution is -0.153. The smallest absolute Gasteiger partial charge is 0.311 e. The van der Waals surface area contributed by atoms with Crippen LogP contribution < -0.4 is 9.80 Å². The number of rotatable bonds is 8. The summed E-state index contributed by atoms with van der Waals surface area (Å²) in [4.78, 5) is 48.5. The Balaban J connectivity index is 1.45. The average molecular weight is 602 g/mol. The molecule has 2 fully saturated rings. The van der Waals surface area contributed by atoms with Crippen LogP contribution in [0.25, 0.3) is 0 Å². The topological polar surface area (TPSA) is 90.4 Å². The maximum absolute atomic E-state index is 14.8. The molecule has 1 spiro atoms. The molecule has 8 nitrogen and oxygen atoms in total. The number of carbonyl (C=O) groups is 3. The number of anilines is 2. The fraction of sp³-hybridized carbons (Fsp3) is 0.441. The van der Waals surface area contributed by atoms with Crippen LogP contribution in [0.15, 0.2) is 78.9 Å². The summed E-state index contributed by atoms with van der Waals surface area (Å²) in [6, 6.07) is 16.1. The number of nitrogens with zero attached hydrogens (tertiary/aromatic N) is 3. The molecule has 0 saturated carbocycles. The molecular formula is C34H39N3O5S. The van der Waals surface area contributed by atoms with E-state index in [0.717, 1.165) is 30.0 Å². The summed E-state index contributed by atoms with van der Waals surface area (Å²) in [5, 5.41) is 10.7. The number of likely N-dealkylation sites (tertiary alicyclic amines) is 1. The summed E-state index contributed by atoms with van der Waals surface area (Å²) < 4.78 is 3.82. The van der Waals surface area contributed by atoms with Gasteiger partial charge in [0.25, 0.3) is 5.91 Å². The molecule has 2 saturated heterocycles. The van der Waals surface area contributed by atoms with Gasteiger partial charge in [-0.25, -0.2) is 0 Å². The van der Waals surface area contributed by atoms with E-state index in [2.05, 4.69) is 18.7 Å². The van der Waals surface area contributed by atoms with Crippen molar-refractivity contribution in [2.75, 3.05) is 42.6 Å². The molecule has 4 heterocycles. The summed E-state index contributed by atoms with van der Waals surface area (Å²) in [5.41, 5.74) is 2.77. The average Bonchev–Trinajstić information content (AvgIpc) is 3.28. The SMILES string of the molecule is CCN(CC)c1ccc(N2CC=C[C@]34S[C@]5(C)C=CCOC(=O)[C@@H]5[C@H]3C(=O)N([C@@H](CO)Cc3ccccc3)C4C2=O)cc1. The van der Waals surface area contributed by atoms with Crippen molar-refractivity contribution in [2.24, 2.45) is 11.8 Å². The fourth-order valence-electron chi connectivity index (χ4n) is 7.49. The van der Waals surface area contributed by atoms with Crippen molar-refractivity contribution in [3.63, 3.8) is 0 Å². The third-order valence-electron chi connectivity index (χ3n) is 9.46. The Morgan fingerprint density at radius 3 is 2.37 bits per heavy atom. The van der Waals surface area contributed by atoms with Crippen LogP contribution in [-0.2, 0) is 25.5 Å². The quantitative estimate of drug-likeness (QED) is 0.363. The Hall–Kier alpha value is -3.56. The number of aliphatic hydroxyl groups excluding tert-OH is 1. The number of aliphatic hydroxyl groups is 1. The van der Waals surface area contributed by atoms with E-state index in [0.29, 0.717) is 13.0 Å². The summed E-state index contributed by atoms with van der Waals surface area (Å²) in [7, 11) is 0. The summed E-state index contributed by atoms with van der Waals surface area (Å²) in [5.74, 6) is -2.49. The summed E-state index contributed by atoms with van der Waals surface area (Å²) in [6.45, 7) is 8.12. The zero-order chi connectivity index (χ0) is 30.4. The number of hydrogen-bond donors (Lipinski definition) is 1. The first-order valence-corrected chi connectivity index (χ1v) is 15.9. The number of hydrogen-bond acceptors (Lipinski definition) is 7. The molecule has 2 amide bonds. The van der Waals surface area contributed by atoms with E-state index in [-0.39, 0.29) is 25.0 Å². The zero-order valence-corrected chi connectivity index (χ0v) is 25.7. The molecule has 0 radical (unpaired) electrons. The number of benzene rings is 2. The van der Waals surface area contributed by atoms with Gasteiger partial charge in [-0.2, -0.15) is 0 Å². The van der Waals surface area contributed by atoms with E-state index < -0.39 is 39.4 Å². The minimum absolute atomic E-state index is 0.159. The van der Waals surface area contributed by atoms with Crippen LogP contribution in [0.5, 0.6) is 0 Å². The minimum atomic E-state index is -1.01. The Labute approximate surface area is 257 Å². The maximum Gasteiger partial charge on any atom is 0.311 e. The van der Waals surface area contributed by atoms with Gasteiger partial charge in [0.05, 0.1) is 29.2 Å². The normalized spacial score (nSPS) is 30.3. The molecular weight excluding hydrogens is 562 g/mol. The van der Waals surface area contributed by atoms with Crippen molar-refractivity contribution < 1.29 is 24.2 Å². The van der Waals surface area contributed by atoms with Gasteiger partial charge >= 0.3 is 5.97 Å². The number of cyclic esters (lactones) is 1. The Bertz CT molecular complexity index is 1440. The Kier molecular flexibility index (Phi) is 7.89. The van der Waals surface area contributed by atoms with Crippen LogP contribution >= 0.6 is 11.8 Å². The van der Waals surface area contributed by atoms with Crippen LogP contribution in [0.4, 0.5) is 11.4 Å². The molecule has 6 atom stereocenters. The largest absolute Gasteiger partial charge is 0.461 e. The highest BCUT2D eigenvalue weighted by Gasteiger charge is 2.74. The lowest BCUT2D eigenvalue weighted by Gasteiger charge is -2.39. The Morgan fingerprint density at radius 2 is 1.70 bits per heavy atom. The van der Waals surface area contributed by atoms with E-state index in [9.17, 15) is 19.5 Å². The molecule has 2 aromatic carbocycles. The molecule has 2 aromatic rings. The second-order valence-electron chi connectivity index (χ2n) is 11.8. The monoisotopic (exact) mass is 601 g/mol. The highest BCUT2D eigenvalue weighted by atomic mass is 32.2. The number of amides is 2. The van der Waals surface area contributed by atoms with Crippen LogP contribution in [-0.4, -0.2) is 82.2 Å². The molecule has 0 aromatic heterocycles. The van der Waals surface area contributed by atoms with Crippen LogP contribution in [0.3, 0.4) is 0 Å². The molecule has 9 heteroatoms. The van der Waals surface area contributed by atoms with Gasteiger partial charge in [-0.05, 0) is 63.1 Å². The van der Waals surface area contributed by atoms with E-state index in [1.807, 2.05) is 85.8 Å². The van der Waals surface area contributed by atoms with Crippen molar-refractivity contribution in [2.45, 2.75) is 48.8 Å². The molecule has 0 aliphatic carbocycles. The predicted molar refractivity (Wildman–Crippen MR) is 169 cm³/mol. The molecule has 0 bridgehead atoms. The lowest BCUT2D eigenvalue weighted by Crippen LogP contribution is -2.57. The standard InChI is InChI=1S/C34H39N3O5S/c1-4-35(5-2)24-13-15-25(16-14-24)36-19-9-18-34-27(28-32(41)42-20-10-17-33(28,3)43-34)30(39)37(29(34)31(36)40)26(22-38)21-23-11-7-6-8-12-23/h6-18,26-29,38H,4-5,19-22H2,1-3H3/t26-,27+,28+,29?,33-,34+/m1/s1. The minimum Gasteiger partial charge on any atom is -0.461 e. The lowest BCUT2D eigenvalue weighted by atomic mass is 9.75. The van der Waals surface area contributed by atoms with Gasteiger partial charge in [0.15, 0.2) is 0 Å². The predicted octanol–water partition coefficient (Wildman–Crippen LogP) is 3.84. The van der Waals surface area contributed by atoms with Crippen molar-refractivity contribution in [3.8, 4) is 0 Å². The van der Waals surface area contributed by atoms with E-state index in [1.165, 1.54) is 11.8 Å². The van der Waals surface area contributed by atoms with E-state index >= 15 is 0 Å². The third kappa shape index (κ3) is 4.77. The first-order valence-electron chi connectivity index (χ1n) is 15.1. The molecule has 4 aliphatic rings. The first-order chi connectivity index (χ1) is 20.8. The van der Waals surface area contributed by atoms with Gasteiger partial charge < -0.3 is 24.5 Å². The molecule has 43 heavy (non-hydrogen) atoms. The van der Waals surface area contributed by atoms with Gasteiger partial charge in [-0.3, -0.25) is 14.4 Å². The second kappa shape index (κ2) is 11.5. The fourth-order valence-corrected chi connectivity index (χ4v) is 9.63. The van der Waals surface area contributed by atoms with Gasteiger partial charge in [-0.15, -0.1) is 11.8 Å². The molecule has 1 N–H and O–H groups in total. The van der Waals surface area contributed by atoms with Crippen LogP contribution in [0.1, 0.15) is 26.3 Å². The van der Waals surface area contributed by atoms with Gasteiger partial charge in [-0.1, -0.05) is 48.6 Å². The first kappa shape index (κ1) is 29.5. The van der Waals surface area contributed by atoms with Crippen LogP contribution in [0, 0.1) is 11.8 Å². The number of thioether (sulfide) groups is 1. The number of carbonyl (C=O) groups excluding carboxylic acids is 3. The van der Waals surface area contributed by atoms with Crippen molar-refractivity contribution in [1.82, 2.24) is 4.90 Å². The van der Waals surface area contributed by atoms with Gasteiger partial charge in [0.1, 0.15) is 12.6 Å². The highest BCUT2D eigenvalue weighted by Crippen LogP contribution is 2.65. The van der Waals surface area contributed by atoms with E-state index in [4.69, 9.17) is 4.74 Å². The number of ether oxygens (including phenoxy) is 1. The number of esters is 1. The molecule has 1 unspecified atom stereocenters. The third-order valence-corrected chi connectivity index (χ3v) is 11.3. The Morgan fingerprint density at radius 1 is 0.977 bits per heavy atom. The van der Waals surface area contributed by atoms with Crippen molar-refractivity contribution in [1.29, 1.82) is 0 Å². The molecule has 4 aliphatic heterocycles. The summed E-state index contributed by atoms with van der Waals surface area (Å²) in [6.07, 6.45) is 8.13.